The Labute approximate surface area is 141 Å². The molecule has 3 heterocycles. The first-order valence-electron chi connectivity index (χ1n) is 7.54. The van der Waals surface area contributed by atoms with Crippen LogP contribution < -0.4 is 10.9 Å². The van der Waals surface area contributed by atoms with E-state index in [0.29, 0.717) is 28.2 Å². The Morgan fingerprint density at radius 2 is 2.30 bits per heavy atom. The van der Waals surface area contributed by atoms with Crippen LogP contribution in [0.25, 0.3) is 11.0 Å². The molecular formula is C14H19BrN6O2. The highest BCUT2D eigenvalue weighted by molar-refractivity contribution is 9.10. The number of amides is 1. The molecule has 2 aromatic rings. The fourth-order valence-electron chi connectivity index (χ4n) is 2.93. The molecule has 1 unspecified atom stereocenters. The van der Waals surface area contributed by atoms with E-state index >= 15 is 0 Å². The quantitative estimate of drug-likeness (QED) is 0.813. The molecule has 0 spiro atoms. The molecule has 1 saturated heterocycles. The number of carbonyl (C=O) groups is 1. The van der Waals surface area contributed by atoms with Crippen molar-refractivity contribution in [1.29, 1.82) is 0 Å². The molecule has 0 bridgehead atoms. The third-order valence-corrected chi connectivity index (χ3v) is 4.81. The van der Waals surface area contributed by atoms with Gasteiger partial charge in [0.25, 0.3) is 5.56 Å². The molecule has 8 nitrogen and oxygen atoms in total. The highest BCUT2D eigenvalue weighted by Crippen LogP contribution is 2.17. The number of fused-ring (bicyclic) bond motifs is 1. The zero-order valence-corrected chi connectivity index (χ0v) is 14.7. The van der Waals surface area contributed by atoms with Gasteiger partial charge in [0, 0.05) is 26.2 Å². The van der Waals surface area contributed by atoms with Gasteiger partial charge in [0.2, 0.25) is 5.91 Å². The van der Waals surface area contributed by atoms with E-state index in [4.69, 9.17) is 0 Å². The fourth-order valence-corrected chi connectivity index (χ4v) is 3.52. The minimum absolute atomic E-state index is 0.000454. The van der Waals surface area contributed by atoms with E-state index in [2.05, 4.69) is 31.3 Å². The molecule has 0 aliphatic carbocycles. The Hall–Kier alpha value is -1.74. The Morgan fingerprint density at radius 3 is 3.04 bits per heavy atom. The number of aryl methyl sites for hydroxylation is 1. The molecule has 23 heavy (non-hydrogen) atoms. The monoisotopic (exact) mass is 382 g/mol. The highest BCUT2D eigenvalue weighted by atomic mass is 79.9. The molecule has 0 radical (unpaired) electrons. The molecule has 9 heteroatoms. The van der Waals surface area contributed by atoms with Crippen LogP contribution >= 0.6 is 15.9 Å². The summed E-state index contributed by atoms with van der Waals surface area (Å²) in [6.07, 6.45) is 3.45. The van der Waals surface area contributed by atoms with Gasteiger partial charge in [-0.1, -0.05) is 0 Å². The largest absolute Gasteiger partial charge is 0.340 e. The van der Waals surface area contributed by atoms with Gasteiger partial charge >= 0.3 is 0 Å². The van der Waals surface area contributed by atoms with E-state index in [1.165, 1.54) is 15.6 Å². The summed E-state index contributed by atoms with van der Waals surface area (Å²) in [7, 11) is 3.63. The lowest BCUT2D eigenvalue weighted by molar-refractivity contribution is -0.133. The zero-order chi connectivity index (χ0) is 16.6. The van der Waals surface area contributed by atoms with Gasteiger partial charge in [-0.15, -0.1) is 0 Å². The van der Waals surface area contributed by atoms with Crippen LogP contribution in [-0.2, 0) is 18.4 Å². The molecule has 2 aromatic heterocycles. The molecule has 1 aliphatic heterocycles. The van der Waals surface area contributed by atoms with Crippen LogP contribution in [-0.4, -0.2) is 56.3 Å². The van der Waals surface area contributed by atoms with Gasteiger partial charge in [0.05, 0.1) is 0 Å². The number of piperidine rings is 1. The van der Waals surface area contributed by atoms with Crippen LogP contribution in [0.3, 0.4) is 0 Å². The van der Waals surface area contributed by atoms with Crippen molar-refractivity contribution in [2.75, 3.05) is 20.1 Å². The molecule has 0 aromatic carbocycles. The average molecular weight is 383 g/mol. The number of aromatic nitrogens is 4. The maximum Gasteiger partial charge on any atom is 0.266 e. The predicted molar refractivity (Wildman–Crippen MR) is 89.1 cm³/mol. The van der Waals surface area contributed by atoms with Crippen molar-refractivity contribution in [3.8, 4) is 0 Å². The molecule has 1 atom stereocenters. The lowest BCUT2D eigenvalue weighted by atomic mass is 10.1. The van der Waals surface area contributed by atoms with Gasteiger partial charge in [-0.2, -0.15) is 5.10 Å². The van der Waals surface area contributed by atoms with Crippen LogP contribution in [0.5, 0.6) is 0 Å². The van der Waals surface area contributed by atoms with E-state index in [1.54, 1.807) is 11.9 Å². The van der Waals surface area contributed by atoms with Gasteiger partial charge in [-0.3, -0.25) is 14.2 Å². The summed E-state index contributed by atoms with van der Waals surface area (Å²) >= 11 is 3.27. The highest BCUT2D eigenvalue weighted by Gasteiger charge is 2.23. The minimum atomic E-state index is -0.259. The number of rotatable bonds is 3. The molecule has 1 amide bonds. The fraction of sp³-hybridized carbons (Fsp3) is 0.571. The first-order valence-corrected chi connectivity index (χ1v) is 8.33. The van der Waals surface area contributed by atoms with Crippen LogP contribution in [0.4, 0.5) is 0 Å². The Bertz CT molecular complexity index is 798. The van der Waals surface area contributed by atoms with E-state index in [-0.39, 0.29) is 18.0 Å². The lowest BCUT2D eigenvalue weighted by Crippen LogP contribution is -2.48. The van der Waals surface area contributed by atoms with Crippen LogP contribution in [0, 0.1) is 0 Å². The van der Waals surface area contributed by atoms with Gasteiger partial charge < -0.3 is 10.2 Å². The first kappa shape index (κ1) is 16.1. The Balaban J connectivity index is 1.84. The van der Waals surface area contributed by atoms with E-state index in [0.717, 1.165) is 19.4 Å². The van der Waals surface area contributed by atoms with Gasteiger partial charge in [0.15, 0.2) is 5.65 Å². The van der Waals surface area contributed by atoms with Crippen molar-refractivity contribution in [2.45, 2.75) is 25.4 Å². The van der Waals surface area contributed by atoms with Gasteiger partial charge in [0.1, 0.15) is 22.9 Å². The van der Waals surface area contributed by atoms with Crippen LogP contribution in [0.1, 0.15) is 12.8 Å². The molecule has 0 saturated carbocycles. The summed E-state index contributed by atoms with van der Waals surface area (Å²) in [5.41, 5.74) is 0.240. The van der Waals surface area contributed by atoms with Crippen molar-refractivity contribution >= 4 is 32.9 Å². The maximum atomic E-state index is 12.6. The van der Waals surface area contributed by atoms with Crippen molar-refractivity contribution in [2.24, 2.45) is 7.05 Å². The Morgan fingerprint density at radius 1 is 1.52 bits per heavy atom. The summed E-state index contributed by atoms with van der Waals surface area (Å²) in [4.78, 5) is 31.1. The minimum Gasteiger partial charge on any atom is -0.340 e. The maximum absolute atomic E-state index is 12.6. The van der Waals surface area contributed by atoms with Crippen molar-refractivity contribution in [3.05, 3.63) is 21.3 Å². The summed E-state index contributed by atoms with van der Waals surface area (Å²) in [5.74, 6) is -0.0618. The molecule has 1 N–H and O–H groups in total. The smallest absolute Gasteiger partial charge is 0.266 e. The number of carbonyl (C=O) groups excluding carboxylic acids is 1. The third kappa shape index (κ3) is 3.02. The second kappa shape index (κ2) is 6.40. The lowest BCUT2D eigenvalue weighted by Gasteiger charge is -2.32. The summed E-state index contributed by atoms with van der Waals surface area (Å²) in [6, 6.07) is 0.317. The number of likely N-dealkylation sites (tertiary alicyclic amines) is 1. The van der Waals surface area contributed by atoms with E-state index in [1.807, 2.05) is 7.05 Å². The second-order valence-electron chi connectivity index (χ2n) is 5.76. The normalized spacial score (nSPS) is 18.6. The number of halogens is 1. The SMILES string of the molecule is CNC1CCCN(C(=O)Cn2cnc3c(c(Br)nn3C)c2=O)C1. The number of hydrogen-bond donors (Lipinski definition) is 1. The zero-order valence-electron chi connectivity index (χ0n) is 13.1. The number of nitrogens with zero attached hydrogens (tertiary/aromatic N) is 5. The first-order chi connectivity index (χ1) is 11.0. The molecular weight excluding hydrogens is 364 g/mol. The summed E-state index contributed by atoms with van der Waals surface area (Å²) in [6.45, 7) is 1.41. The van der Waals surface area contributed by atoms with Crippen molar-refractivity contribution in [1.82, 2.24) is 29.5 Å². The summed E-state index contributed by atoms with van der Waals surface area (Å²) in [5, 5.41) is 7.74. The van der Waals surface area contributed by atoms with E-state index in [9.17, 15) is 9.59 Å². The topological polar surface area (TPSA) is 85.1 Å². The number of hydrogen-bond acceptors (Lipinski definition) is 5. The van der Waals surface area contributed by atoms with Crippen LogP contribution in [0.2, 0.25) is 0 Å². The van der Waals surface area contributed by atoms with Gasteiger partial charge in [-0.05, 0) is 35.8 Å². The molecule has 124 valence electrons. The standard InChI is InChI=1S/C14H19BrN6O2/c1-16-9-4-3-5-20(6-9)10(22)7-21-8-17-13-11(14(21)23)12(15)18-19(13)2/h8-9,16H,3-7H2,1-2H3. The van der Waals surface area contributed by atoms with Crippen molar-refractivity contribution in [3.63, 3.8) is 0 Å². The molecule has 3 rings (SSSR count). The molecule has 1 fully saturated rings. The average Bonchev–Trinajstić information content (AvgIpc) is 2.84. The van der Waals surface area contributed by atoms with Crippen molar-refractivity contribution < 1.29 is 4.79 Å². The third-order valence-electron chi connectivity index (χ3n) is 4.26. The van der Waals surface area contributed by atoms with Gasteiger partial charge in [-0.25, -0.2) is 9.67 Å². The molecule has 1 aliphatic rings. The predicted octanol–water partition coefficient (Wildman–Crippen LogP) is 0.103. The van der Waals surface area contributed by atoms with E-state index < -0.39 is 0 Å². The number of likely N-dealkylation sites (N-methyl/N-ethyl adjacent to an activating group) is 1. The summed E-state index contributed by atoms with van der Waals surface area (Å²) < 4.78 is 3.33. The Kier molecular flexibility index (Phi) is 4.49. The van der Waals surface area contributed by atoms with Crippen LogP contribution in [0.15, 0.2) is 15.7 Å². The second-order valence-corrected chi connectivity index (χ2v) is 6.51. The number of nitrogens with one attached hydrogen (secondary N) is 1.